The number of ketones is 2. The van der Waals surface area contributed by atoms with Gasteiger partial charge in [0.1, 0.15) is 5.60 Å². The SMILES string of the molecule is CC(=O)OCC(=O)[C@@]1(O)[C@H](C)C[C@H]2[C@@H]3CCC4=CC(=O)C=C[C@]4(C)[C@@]3(F)[C@@H](O[Si](C)(C)C)C[C@@]21C. The van der Waals surface area contributed by atoms with Gasteiger partial charge in [-0.15, -0.1) is 0 Å². The van der Waals surface area contributed by atoms with Gasteiger partial charge in [-0.1, -0.05) is 25.5 Å². The zero-order chi connectivity index (χ0) is 26.2. The summed E-state index contributed by atoms with van der Waals surface area (Å²) in [5.74, 6) is -2.39. The molecule has 0 radical (unpaired) electrons. The van der Waals surface area contributed by atoms with Crippen LogP contribution < -0.4 is 0 Å². The number of aliphatic hydroxyl groups is 1. The smallest absolute Gasteiger partial charge is 0.303 e. The van der Waals surface area contributed by atoms with Crippen LogP contribution in [-0.2, 0) is 23.5 Å². The Morgan fingerprint density at radius 1 is 1.23 bits per heavy atom. The molecule has 0 amide bonds. The molecule has 8 heteroatoms. The van der Waals surface area contributed by atoms with Crippen LogP contribution in [0.4, 0.5) is 4.39 Å². The average molecular weight is 507 g/mol. The quantitative estimate of drug-likeness (QED) is 0.441. The maximum atomic E-state index is 18.0. The third kappa shape index (κ3) is 3.65. The van der Waals surface area contributed by atoms with E-state index in [1.165, 1.54) is 13.0 Å². The minimum Gasteiger partial charge on any atom is -0.458 e. The van der Waals surface area contributed by atoms with Crippen LogP contribution in [0.3, 0.4) is 0 Å². The molecule has 0 aliphatic heterocycles. The molecule has 0 aromatic carbocycles. The van der Waals surface area contributed by atoms with E-state index in [9.17, 15) is 19.5 Å². The number of rotatable bonds is 5. The molecule has 0 saturated heterocycles. The van der Waals surface area contributed by atoms with Gasteiger partial charge in [0.05, 0.1) is 6.10 Å². The Labute approximate surface area is 208 Å². The van der Waals surface area contributed by atoms with Crippen LogP contribution in [0, 0.1) is 28.6 Å². The molecule has 8 atom stereocenters. The Bertz CT molecular complexity index is 1020. The fourth-order valence-electron chi connectivity index (χ4n) is 7.94. The van der Waals surface area contributed by atoms with Crippen molar-refractivity contribution in [3.8, 4) is 0 Å². The predicted octanol–water partition coefficient (Wildman–Crippen LogP) is 4.33. The van der Waals surface area contributed by atoms with Crippen molar-refractivity contribution in [2.24, 2.45) is 28.6 Å². The lowest BCUT2D eigenvalue weighted by atomic mass is 9.44. The first-order valence-corrected chi connectivity index (χ1v) is 16.1. The van der Waals surface area contributed by atoms with Crippen LogP contribution in [-0.4, -0.2) is 54.9 Å². The van der Waals surface area contributed by atoms with E-state index in [2.05, 4.69) is 0 Å². The summed E-state index contributed by atoms with van der Waals surface area (Å²) in [5, 5.41) is 12.0. The lowest BCUT2D eigenvalue weighted by molar-refractivity contribution is -0.215. The van der Waals surface area contributed by atoms with Crippen LogP contribution in [0.25, 0.3) is 0 Å². The number of Topliss-reactive ketones (excluding diaryl/α,β-unsaturated/α-hetero) is 1. The molecule has 4 aliphatic carbocycles. The zero-order valence-corrected chi connectivity index (χ0v) is 22.9. The minimum atomic E-state index is -2.25. The molecule has 0 heterocycles. The molecular formula is C27H39FO6Si. The summed E-state index contributed by atoms with van der Waals surface area (Å²) >= 11 is 0. The summed E-state index contributed by atoms with van der Waals surface area (Å²) in [5.41, 5.74) is -4.70. The molecule has 4 rings (SSSR count). The Balaban J connectivity index is 1.84. The fraction of sp³-hybridized carbons (Fsp3) is 0.741. The highest BCUT2D eigenvalue weighted by Gasteiger charge is 2.76. The lowest BCUT2D eigenvalue weighted by Gasteiger charge is -2.64. The monoisotopic (exact) mass is 506 g/mol. The van der Waals surface area contributed by atoms with Crippen LogP contribution in [0.15, 0.2) is 23.8 Å². The summed E-state index contributed by atoms with van der Waals surface area (Å²) in [4.78, 5) is 36.9. The highest BCUT2D eigenvalue weighted by molar-refractivity contribution is 6.69. The van der Waals surface area contributed by atoms with Gasteiger partial charge in [0, 0.05) is 23.7 Å². The third-order valence-electron chi connectivity index (χ3n) is 9.53. The van der Waals surface area contributed by atoms with Crippen molar-refractivity contribution in [3.63, 3.8) is 0 Å². The highest BCUT2D eigenvalue weighted by atomic mass is 28.4. The van der Waals surface area contributed by atoms with Crippen LogP contribution >= 0.6 is 0 Å². The molecule has 0 bridgehead atoms. The molecule has 0 spiro atoms. The molecule has 194 valence electrons. The maximum absolute atomic E-state index is 18.0. The van der Waals surface area contributed by atoms with Crippen molar-refractivity contribution in [3.05, 3.63) is 23.8 Å². The van der Waals surface area contributed by atoms with Crippen LogP contribution in [0.2, 0.25) is 19.6 Å². The number of alkyl halides is 1. The fourth-order valence-corrected chi connectivity index (χ4v) is 9.04. The number of ether oxygens (including phenoxy) is 1. The number of allylic oxidation sites excluding steroid dienone is 4. The van der Waals surface area contributed by atoms with E-state index in [1.54, 1.807) is 12.2 Å². The van der Waals surface area contributed by atoms with Gasteiger partial charge in [-0.2, -0.15) is 0 Å². The van der Waals surface area contributed by atoms with Crippen molar-refractivity contribution in [1.82, 2.24) is 0 Å². The summed E-state index contributed by atoms with van der Waals surface area (Å²) in [6.45, 7) is 12.4. The van der Waals surface area contributed by atoms with E-state index in [-0.39, 0.29) is 18.1 Å². The first kappa shape index (κ1) is 26.4. The Morgan fingerprint density at radius 3 is 2.49 bits per heavy atom. The van der Waals surface area contributed by atoms with Gasteiger partial charge in [-0.25, -0.2) is 4.39 Å². The summed E-state index contributed by atoms with van der Waals surface area (Å²) in [6, 6.07) is 0. The molecule has 1 N–H and O–H groups in total. The molecule has 3 fully saturated rings. The van der Waals surface area contributed by atoms with Gasteiger partial charge in [-0.05, 0) is 76.2 Å². The number of hydrogen-bond acceptors (Lipinski definition) is 6. The largest absolute Gasteiger partial charge is 0.458 e. The summed E-state index contributed by atoms with van der Waals surface area (Å²) in [6.07, 6.45) is 5.67. The van der Waals surface area contributed by atoms with E-state index in [4.69, 9.17) is 9.16 Å². The Hall–Kier alpha value is -1.64. The van der Waals surface area contributed by atoms with E-state index < -0.39 is 66.7 Å². The topological polar surface area (TPSA) is 89.9 Å². The average Bonchev–Trinajstić information content (AvgIpc) is 2.94. The molecule has 4 aliphatic rings. The molecule has 3 saturated carbocycles. The van der Waals surface area contributed by atoms with Gasteiger partial charge in [-0.3, -0.25) is 14.4 Å². The van der Waals surface area contributed by atoms with Crippen LogP contribution in [0.1, 0.15) is 53.4 Å². The first-order valence-electron chi connectivity index (χ1n) is 12.7. The normalized spacial score (nSPS) is 44.7. The van der Waals surface area contributed by atoms with E-state index in [0.29, 0.717) is 19.3 Å². The predicted molar refractivity (Wildman–Crippen MR) is 132 cm³/mol. The molecule has 6 nitrogen and oxygen atoms in total. The maximum Gasteiger partial charge on any atom is 0.303 e. The van der Waals surface area contributed by atoms with E-state index >= 15 is 4.39 Å². The molecule has 0 aromatic heterocycles. The molecule has 0 aromatic rings. The first-order chi connectivity index (χ1) is 16.0. The standard InChI is InChI=1S/C27H39FO6Si/c1-16-12-21-20-9-8-18-13-19(30)10-11-24(18,3)26(20,28)23(34-35(5,6)7)14-25(21,4)27(16,32)22(31)15-33-17(2)29/h10-11,13,16,20-21,23,32H,8-9,12,14-15H2,1-7H3/t16-,20+,21+,23+,24+,25+,26+,27+/m1/s1. The summed E-state index contributed by atoms with van der Waals surface area (Å²) < 4.78 is 29.5. The Morgan fingerprint density at radius 2 is 1.89 bits per heavy atom. The zero-order valence-electron chi connectivity index (χ0n) is 21.9. The molecular weight excluding hydrogens is 467 g/mol. The third-order valence-corrected chi connectivity index (χ3v) is 10.5. The van der Waals surface area contributed by atoms with E-state index in [0.717, 1.165) is 5.57 Å². The molecule has 35 heavy (non-hydrogen) atoms. The molecule has 0 unspecified atom stereocenters. The number of esters is 1. The van der Waals surface area contributed by atoms with Gasteiger partial charge in [0.25, 0.3) is 0 Å². The number of halogens is 1. The van der Waals surface area contributed by atoms with Crippen molar-refractivity contribution in [2.75, 3.05) is 6.61 Å². The van der Waals surface area contributed by atoms with Crippen LogP contribution in [0.5, 0.6) is 0 Å². The van der Waals surface area contributed by atoms with E-state index in [1.807, 2.05) is 40.4 Å². The second-order valence-corrected chi connectivity index (χ2v) is 17.0. The number of carbonyl (C=O) groups excluding carboxylic acids is 3. The van der Waals surface area contributed by atoms with Gasteiger partial charge >= 0.3 is 5.97 Å². The van der Waals surface area contributed by atoms with Gasteiger partial charge < -0.3 is 14.3 Å². The van der Waals surface area contributed by atoms with Gasteiger partial charge in [0.2, 0.25) is 5.78 Å². The van der Waals surface area contributed by atoms with Crippen molar-refractivity contribution in [1.29, 1.82) is 0 Å². The van der Waals surface area contributed by atoms with Crippen molar-refractivity contribution < 1.29 is 33.0 Å². The Kier molecular flexibility index (Phi) is 6.18. The second kappa shape index (κ2) is 8.18. The van der Waals surface area contributed by atoms with Gasteiger partial charge in [0.15, 0.2) is 26.4 Å². The van der Waals surface area contributed by atoms with Crippen molar-refractivity contribution in [2.45, 2.75) is 90.4 Å². The number of carbonyl (C=O) groups is 3. The lowest BCUT2D eigenvalue weighted by Crippen LogP contribution is -2.70. The highest BCUT2D eigenvalue weighted by Crippen LogP contribution is 2.71. The minimum absolute atomic E-state index is 0.122. The second-order valence-electron chi connectivity index (χ2n) is 12.6. The number of fused-ring (bicyclic) bond motifs is 5. The number of hydrogen-bond donors (Lipinski definition) is 1. The van der Waals surface area contributed by atoms with Crippen molar-refractivity contribution >= 4 is 25.9 Å². The summed E-state index contributed by atoms with van der Waals surface area (Å²) in [7, 11) is -2.25.